The van der Waals surface area contributed by atoms with Crippen LogP contribution in [0.3, 0.4) is 0 Å². The fraction of sp³-hybridized carbons (Fsp3) is 0.440. The van der Waals surface area contributed by atoms with Gasteiger partial charge in [-0.1, -0.05) is 11.6 Å². The Labute approximate surface area is 206 Å². The van der Waals surface area contributed by atoms with Gasteiger partial charge < -0.3 is 19.7 Å². The molecule has 0 aliphatic carbocycles. The average Bonchev–Trinajstić information content (AvgIpc) is 3.23. The minimum atomic E-state index is -3.57. The maximum absolute atomic E-state index is 12.6. The molecule has 184 valence electrons. The second-order valence-electron chi connectivity index (χ2n) is 8.75. The Hall–Kier alpha value is -2.10. The molecule has 1 aliphatic heterocycles. The van der Waals surface area contributed by atoms with E-state index in [4.69, 9.17) is 16.3 Å². The van der Waals surface area contributed by atoms with Gasteiger partial charge in [0.1, 0.15) is 5.75 Å². The molecular formula is C25H32ClN3O4S. The number of aryl methyl sites for hydroxylation is 1. The molecule has 9 heteroatoms. The largest absolute Gasteiger partial charge is 0.494 e. The highest BCUT2D eigenvalue weighted by molar-refractivity contribution is 7.89. The predicted molar refractivity (Wildman–Crippen MR) is 135 cm³/mol. The molecule has 0 atom stereocenters. The van der Waals surface area contributed by atoms with Crippen molar-refractivity contribution in [1.29, 1.82) is 0 Å². The minimum absolute atomic E-state index is 0.157. The molecule has 0 saturated carbocycles. The smallest absolute Gasteiger partial charge is 0.240 e. The number of aliphatic hydroxyl groups is 1. The Kier molecular flexibility index (Phi) is 8.50. The number of aromatic amines is 1. The third-order valence-electron chi connectivity index (χ3n) is 6.22. The molecule has 0 amide bonds. The molecule has 1 aliphatic rings. The molecule has 3 N–H and O–H groups in total. The van der Waals surface area contributed by atoms with E-state index in [2.05, 4.69) is 14.6 Å². The molecule has 0 unspecified atom stereocenters. The van der Waals surface area contributed by atoms with Crippen LogP contribution >= 0.6 is 11.6 Å². The number of likely N-dealkylation sites (tertiary alicyclic amines) is 1. The van der Waals surface area contributed by atoms with Crippen LogP contribution in [-0.2, 0) is 16.4 Å². The van der Waals surface area contributed by atoms with Gasteiger partial charge in [-0.25, -0.2) is 13.1 Å². The van der Waals surface area contributed by atoms with Gasteiger partial charge in [0.05, 0.1) is 17.6 Å². The Morgan fingerprint density at radius 1 is 1.12 bits per heavy atom. The van der Waals surface area contributed by atoms with E-state index in [1.807, 2.05) is 24.4 Å². The number of sulfonamides is 1. The Bertz CT molecular complexity index is 1170. The Balaban J connectivity index is 1.19. The summed E-state index contributed by atoms with van der Waals surface area (Å²) in [7, 11) is -3.57. The van der Waals surface area contributed by atoms with E-state index < -0.39 is 10.0 Å². The Morgan fingerprint density at radius 2 is 1.88 bits per heavy atom. The monoisotopic (exact) mass is 505 g/mol. The van der Waals surface area contributed by atoms with Crippen molar-refractivity contribution >= 4 is 32.5 Å². The summed E-state index contributed by atoms with van der Waals surface area (Å²) in [6.07, 6.45) is 5.77. The van der Waals surface area contributed by atoms with Crippen molar-refractivity contribution in [3.63, 3.8) is 0 Å². The van der Waals surface area contributed by atoms with Crippen LogP contribution in [-0.4, -0.2) is 62.3 Å². The molecule has 1 saturated heterocycles. The summed E-state index contributed by atoms with van der Waals surface area (Å²) in [6.45, 7) is 3.71. The van der Waals surface area contributed by atoms with Gasteiger partial charge in [-0.2, -0.15) is 0 Å². The third-order valence-corrected chi connectivity index (χ3v) is 7.94. The number of rotatable bonds is 11. The van der Waals surface area contributed by atoms with Gasteiger partial charge >= 0.3 is 0 Å². The first-order chi connectivity index (χ1) is 16.4. The number of aromatic nitrogens is 1. The number of aliphatic hydroxyl groups excluding tert-OH is 1. The van der Waals surface area contributed by atoms with E-state index in [0.29, 0.717) is 30.3 Å². The van der Waals surface area contributed by atoms with Gasteiger partial charge in [-0.3, -0.25) is 0 Å². The first-order valence-electron chi connectivity index (χ1n) is 11.8. The molecule has 0 radical (unpaired) electrons. The minimum Gasteiger partial charge on any atom is -0.494 e. The van der Waals surface area contributed by atoms with Crippen LogP contribution in [0, 0.1) is 0 Å². The number of H-pyrrole nitrogens is 1. The number of halogens is 1. The molecular weight excluding hydrogens is 474 g/mol. The molecule has 1 fully saturated rings. The van der Waals surface area contributed by atoms with Crippen LogP contribution in [0.1, 0.15) is 31.2 Å². The van der Waals surface area contributed by atoms with E-state index in [-0.39, 0.29) is 11.0 Å². The van der Waals surface area contributed by atoms with Crippen molar-refractivity contribution in [3.05, 3.63) is 59.2 Å². The molecule has 34 heavy (non-hydrogen) atoms. The van der Waals surface area contributed by atoms with E-state index in [0.717, 1.165) is 61.8 Å². The zero-order valence-corrected chi connectivity index (χ0v) is 20.7. The standard InChI is InChI=1S/C25H32ClN3O4S/c26-20-4-9-25-24(17-20)19(18-27-25)3-1-12-28-34(31,32)23-7-5-22(6-8-23)33-16-2-13-29-14-10-21(30)11-15-29/h4-9,17-18,21,27-28,30H,1-3,10-16H2. The first kappa shape index (κ1) is 25.0. The number of piperidine rings is 1. The number of nitrogens with one attached hydrogen (secondary N) is 2. The normalized spacial score (nSPS) is 15.7. The molecule has 0 bridgehead atoms. The second kappa shape index (κ2) is 11.6. The first-order valence-corrected chi connectivity index (χ1v) is 13.7. The molecule has 2 heterocycles. The molecule has 4 rings (SSSR count). The number of hydrogen-bond acceptors (Lipinski definition) is 5. The SMILES string of the molecule is O=S(=O)(NCCCc1c[nH]c2ccc(Cl)cc12)c1ccc(OCCCN2CCC(O)CC2)cc1. The summed E-state index contributed by atoms with van der Waals surface area (Å²) in [5.74, 6) is 0.658. The molecule has 1 aromatic heterocycles. The van der Waals surface area contributed by atoms with Gasteiger partial charge in [-0.05, 0) is 80.1 Å². The highest BCUT2D eigenvalue weighted by atomic mass is 35.5. The quantitative estimate of drug-likeness (QED) is 0.343. The predicted octanol–water partition coefficient (Wildman–Crippen LogP) is 3.96. The number of benzene rings is 2. The molecule has 7 nitrogen and oxygen atoms in total. The van der Waals surface area contributed by atoms with Gasteiger partial charge in [0.2, 0.25) is 10.0 Å². The van der Waals surface area contributed by atoms with E-state index in [1.54, 1.807) is 24.3 Å². The van der Waals surface area contributed by atoms with Crippen LogP contribution in [0.4, 0.5) is 0 Å². The van der Waals surface area contributed by atoms with E-state index >= 15 is 0 Å². The zero-order chi connectivity index (χ0) is 24.0. The van der Waals surface area contributed by atoms with Gasteiger partial charge in [0, 0.05) is 48.3 Å². The number of fused-ring (bicyclic) bond motifs is 1. The van der Waals surface area contributed by atoms with E-state index in [9.17, 15) is 13.5 Å². The molecule has 3 aromatic rings. The topological polar surface area (TPSA) is 94.7 Å². The van der Waals surface area contributed by atoms with Crippen LogP contribution in [0.15, 0.2) is 53.6 Å². The van der Waals surface area contributed by atoms with Crippen molar-refractivity contribution in [1.82, 2.24) is 14.6 Å². The van der Waals surface area contributed by atoms with Crippen LogP contribution < -0.4 is 9.46 Å². The van der Waals surface area contributed by atoms with Crippen LogP contribution in [0.5, 0.6) is 5.75 Å². The number of nitrogens with zero attached hydrogens (tertiary/aromatic N) is 1. The molecule has 2 aromatic carbocycles. The maximum atomic E-state index is 12.6. The molecule has 0 spiro atoms. The van der Waals surface area contributed by atoms with Gasteiger partial charge in [-0.15, -0.1) is 0 Å². The Morgan fingerprint density at radius 3 is 2.65 bits per heavy atom. The lowest BCUT2D eigenvalue weighted by Crippen LogP contribution is -2.36. The lowest BCUT2D eigenvalue weighted by atomic mass is 10.1. The highest BCUT2D eigenvalue weighted by Crippen LogP contribution is 2.23. The van der Waals surface area contributed by atoms with Crippen LogP contribution in [0.25, 0.3) is 10.9 Å². The van der Waals surface area contributed by atoms with E-state index in [1.165, 1.54) is 0 Å². The van der Waals surface area contributed by atoms with Gasteiger partial charge in [0.15, 0.2) is 0 Å². The summed E-state index contributed by atoms with van der Waals surface area (Å²) in [5, 5.41) is 11.3. The summed E-state index contributed by atoms with van der Waals surface area (Å²) in [4.78, 5) is 5.79. The van der Waals surface area contributed by atoms with Crippen molar-refractivity contribution in [2.24, 2.45) is 0 Å². The van der Waals surface area contributed by atoms with Crippen molar-refractivity contribution in [3.8, 4) is 5.75 Å². The lowest BCUT2D eigenvalue weighted by Gasteiger charge is -2.29. The van der Waals surface area contributed by atoms with Gasteiger partial charge in [0.25, 0.3) is 0 Å². The number of hydrogen-bond donors (Lipinski definition) is 3. The van der Waals surface area contributed by atoms with Crippen molar-refractivity contribution in [2.75, 3.05) is 32.8 Å². The second-order valence-corrected chi connectivity index (χ2v) is 11.0. The van der Waals surface area contributed by atoms with Crippen LogP contribution in [0.2, 0.25) is 5.02 Å². The van der Waals surface area contributed by atoms with Crippen molar-refractivity contribution < 1.29 is 18.3 Å². The maximum Gasteiger partial charge on any atom is 0.240 e. The summed E-state index contributed by atoms with van der Waals surface area (Å²) in [6, 6.07) is 12.3. The fourth-order valence-corrected chi connectivity index (χ4v) is 5.51. The van der Waals surface area contributed by atoms with Crippen molar-refractivity contribution in [2.45, 2.75) is 43.1 Å². The third kappa shape index (κ3) is 6.73. The average molecular weight is 506 g/mol. The summed E-state index contributed by atoms with van der Waals surface area (Å²) >= 11 is 6.10. The zero-order valence-electron chi connectivity index (χ0n) is 19.2. The highest BCUT2D eigenvalue weighted by Gasteiger charge is 2.16. The number of ether oxygens (including phenoxy) is 1. The lowest BCUT2D eigenvalue weighted by molar-refractivity contribution is 0.0800. The summed E-state index contributed by atoms with van der Waals surface area (Å²) in [5.41, 5.74) is 2.14. The summed E-state index contributed by atoms with van der Waals surface area (Å²) < 4.78 is 33.7. The fourth-order valence-electron chi connectivity index (χ4n) is 4.26.